The number of nitrogens with zero attached hydrogens (tertiary/aromatic N) is 4. The maximum atomic E-state index is 13.4. The highest BCUT2D eigenvalue weighted by Gasteiger charge is 2.25. The van der Waals surface area contributed by atoms with E-state index in [2.05, 4.69) is 21.8 Å². The summed E-state index contributed by atoms with van der Waals surface area (Å²) in [5, 5.41) is 13.1. The van der Waals surface area contributed by atoms with Gasteiger partial charge < -0.3 is 19.7 Å². The van der Waals surface area contributed by atoms with Crippen molar-refractivity contribution in [3.63, 3.8) is 0 Å². The summed E-state index contributed by atoms with van der Waals surface area (Å²) in [6, 6.07) is 4.06. The first-order valence-corrected chi connectivity index (χ1v) is 11.9. The second-order valence-electron chi connectivity index (χ2n) is 8.26. The lowest BCUT2D eigenvalue weighted by Gasteiger charge is -2.26. The minimum absolute atomic E-state index is 0.000896. The molecule has 1 aliphatic rings. The van der Waals surface area contributed by atoms with Crippen LogP contribution in [0.15, 0.2) is 35.6 Å². The molecular weight excluding hydrogens is 489 g/mol. The van der Waals surface area contributed by atoms with Crippen molar-refractivity contribution in [2.24, 2.45) is 0 Å². The van der Waals surface area contributed by atoms with Crippen LogP contribution in [0.5, 0.6) is 5.75 Å². The van der Waals surface area contributed by atoms with Crippen molar-refractivity contribution in [1.82, 2.24) is 24.2 Å². The zero-order valence-corrected chi connectivity index (χ0v) is 20.6. The van der Waals surface area contributed by atoms with Crippen molar-refractivity contribution in [2.75, 3.05) is 32.8 Å². The number of imidazole rings is 1. The molecule has 3 heterocycles. The van der Waals surface area contributed by atoms with Crippen molar-refractivity contribution in [3.05, 3.63) is 74.7 Å². The number of benzene rings is 1. The van der Waals surface area contributed by atoms with E-state index >= 15 is 0 Å². The maximum absolute atomic E-state index is 13.4. The zero-order valence-electron chi connectivity index (χ0n) is 19.8. The number of nitrogens with one attached hydrogen (secondary N) is 1. The van der Waals surface area contributed by atoms with Crippen molar-refractivity contribution < 1.29 is 19.0 Å². The molecule has 3 aromatic rings. The maximum Gasteiger partial charge on any atom is 0.302 e. The van der Waals surface area contributed by atoms with Gasteiger partial charge in [-0.3, -0.25) is 14.5 Å². The number of amides is 1. The van der Waals surface area contributed by atoms with E-state index in [4.69, 9.17) is 16.3 Å². The number of fused-ring (bicyclic) bond motifs is 1. The zero-order chi connectivity index (χ0) is 25.8. The first kappa shape index (κ1) is 25.6. The first-order valence-electron chi connectivity index (χ1n) is 11.5. The molecule has 1 aliphatic heterocycles. The average Bonchev–Trinajstić information content (AvgIpc) is 3.18. The number of allylic oxidation sites excluding steroid dienone is 1. The SMILES string of the molecule is C=Cc1c(/C=C\C)n(CCN2CCOCC2)c2nc(C(=O)NCc3ccc(F)c(Cl)c3)c(O)c(=O)n12. The van der Waals surface area contributed by atoms with Crippen molar-refractivity contribution in [2.45, 2.75) is 20.0 Å². The van der Waals surface area contributed by atoms with Crippen LogP contribution in [0.25, 0.3) is 17.9 Å². The fourth-order valence-electron chi connectivity index (χ4n) is 4.15. The molecule has 0 atom stereocenters. The summed E-state index contributed by atoms with van der Waals surface area (Å²) in [6.07, 6.45) is 5.19. The second-order valence-corrected chi connectivity index (χ2v) is 8.67. The molecule has 9 nitrogen and oxygen atoms in total. The number of hydrogen-bond acceptors (Lipinski definition) is 6. The molecule has 0 aliphatic carbocycles. The van der Waals surface area contributed by atoms with E-state index in [-0.39, 0.29) is 17.3 Å². The van der Waals surface area contributed by atoms with Gasteiger partial charge in [0.25, 0.3) is 5.91 Å². The van der Waals surface area contributed by atoms with Crippen LogP contribution in [0.3, 0.4) is 0 Å². The Morgan fingerprint density at radius 3 is 2.72 bits per heavy atom. The third kappa shape index (κ3) is 5.06. The molecule has 1 aromatic carbocycles. The van der Waals surface area contributed by atoms with E-state index in [9.17, 15) is 19.1 Å². The molecule has 4 rings (SSSR count). The quantitative estimate of drug-likeness (QED) is 0.478. The summed E-state index contributed by atoms with van der Waals surface area (Å²) in [5.74, 6) is -1.88. The highest BCUT2D eigenvalue weighted by atomic mass is 35.5. The number of morpholine rings is 1. The highest BCUT2D eigenvalue weighted by Crippen LogP contribution is 2.22. The Morgan fingerprint density at radius 1 is 1.31 bits per heavy atom. The van der Waals surface area contributed by atoms with E-state index in [0.717, 1.165) is 13.1 Å². The fourth-order valence-corrected chi connectivity index (χ4v) is 4.35. The summed E-state index contributed by atoms with van der Waals surface area (Å²) >= 11 is 5.81. The van der Waals surface area contributed by atoms with Gasteiger partial charge in [0.2, 0.25) is 11.5 Å². The van der Waals surface area contributed by atoms with Crippen LogP contribution in [0.2, 0.25) is 5.02 Å². The van der Waals surface area contributed by atoms with E-state index in [1.165, 1.54) is 28.7 Å². The van der Waals surface area contributed by atoms with Gasteiger partial charge in [-0.15, -0.1) is 0 Å². The number of carbonyl (C=O) groups is 1. The Kier molecular flexibility index (Phi) is 7.88. The molecule has 0 unspecified atom stereocenters. The molecule has 0 bridgehead atoms. The standard InChI is InChI=1S/C25H27ClFN5O4/c1-3-5-20-19(4-2)32-24(35)22(33)21(23(34)28-15-16-6-7-18(27)17(26)14-16)29-25(32)31(20)9-8-30-10-12-36-13-11-30/h3-7,14,33H,2,8-13,15H2,1H3,(H,28,34)/b5-3-. The van der Waals surface area contributed by atoms with Crippen LogP contribution in [0, 0.1) is 5.82 Å². The van der Waals surface area contributed by atoms with Gasteiger partial charge in [-0.25, -0.2) is 13.8 Å². The number of halogens is 2. The van der Waals surface area contributed by atoms with Gasteiger partial charge in [0.1, 0.15) is 5.82 Å². The molecule has 190 valence electrons. The molecule has 0 saturated carbocycles. The predicted octanol–water partition coefficient (Wildman–Crippen LogP) is 2.93. The molecule has 11 heteroatoms. The lowest BCUT2D eigenvalue weighted by Crippen LogP contribution is -2.38. The minimum atomic E-state index is -0.777. The lowest BCUT2D eigenvalue weighted by molar-refractivity contribution is 0.0365. The molecule has 1 saturated heterocycles. The highest BCUT2D eigenvalue weighted by molar-refractivity contribution is 6.30. The Labute approximate surface area is 212 Å². The molecule has 2 N–H and O–H groups in total. The van der Waals surface area contributed by atoms with Gasteiger partial charge >= 0.3 is 5.56 Å². The van der Waals surface area contributed by atoms with Crippen LogP contribution in [-0.4, -0.2) is 62.7 Å². The van der Waals surface area contributed by atoms with Gasteiger partial charge in [-0.2, -0.15) is 0 Å². The monoisotopic (exact) mass is 515 g/mol. The van der Waals surface area contributed by atoms with Gasteiger partial charge in [0.05, 0.1) is 29.6 Å². The topological polar surface area (TPSA) is 101 Å². The lowest BCUT2D eigenvalue weighted by atomic mass is 10.2. The van der Waals surface area contributed by atoms with Crippen LogP contribution < -0.4 is 10.9 Å². The first-order chi connectivity index (χ1) is 17.3. The normalized spacial score (nSPS) is 14.5. The third-order valence-corrected chi connectivity index (χ3v) is 6.28. The molecule has 36 heavy (non-hydrogen) atoms. The summed E-state index contributed by atoms with van der Waals surface area (Å²) in [4.78, 5) is 32.8. The number of rotatable bonds is 8. The number of aromatic hydroxyl groups is 1. The molecule has 1 fully saturated rings. The van der Waals surface area contributed by atoms with Gasteiger partial charge in [0, 0.05) is 32.7 Å². The average molecular weight is 516 g/mol. The minimum Gasteiger partial charge on any atom is -0.501 e. The number of carbonyl (C=O) groups excluding carboxylic acids is 1. The Morgan fingerprint density at radius 2 is 2.06 bits per heavy atom. The molecule has 2 aromatic heterocycles. The molecule has 1 amide bonds. The third-order valence-electron chi connectivity index (χ3n) is 5.99. The fraction of sp³-hybridized carbons (Fsp3) is 0.320. The van der Waals surface area contributed by atoms with Crippen molar-refractivity contribution in [3.8, 4) is 5.75 Å². The van der Waals surface area contributed by atoms with Crippen molar-refractivity contribution >= 4 is 35.4 Å². The Balaban J connectivity index is 1.72. The number of aromatic nitrogens is 3. The number of ether oxygens (including phenoxy) is 1. The van der Waals surface area contributed by atoms with E-state index in [1.807, 2.05) is 23.6 Å². The van der Waals surface area contributed by atoms with Crippen LogP contribution in [0.4, 0.5) is 4.39 Å². The van der Waals surface area contributed by atoms with Gasteiger partial charge in [-0.1, -0.05) is 30.3 Å². The summed E-state index contributed by atoms with van der Waals surface area (Å²) < 4.78 is 21.9. The summed E-state index contributed by atoms with van der Waals surface area (Å²) in [7, 11) is 0. The van der Waals surface area contributed by atoms with E-state index < -0.39 is 28.7 Å². The van der Waals surface area contributed by atoms with Gasteiger partial charge in [-0.05, 0) is 36.8 Å². The molecule has 0 radical (unpaired) electrons. The van der Waals surface area contributed by atoms with Crippen LogP contribution >= 0.6 is 11.6 Å². The van der Waals surface area contributed by atoms with Gasteiger partial charge in [0.15, 0.2) is 5.69 Å². The molecular formula is C25H27ClFN5O4. The molecule has 0 spiro atoms. The van der Waals surface area contributed by atoms with Crippen LogP contribution in [0.1, 0.15) is 34.4 Å². The number of hydrogen-bond donors (Lipinski definition) is 2. The Bertz CT molecular complexity index is 1390. The predicted molar refractivity (Wildman–Crippen MR) is 136 cm³/mol. The second kappa shape index (κ2) is 11.1. The van der Waals surface area contributed by atoms with Crippen molar-refractivity contribution in [1.29, 1.82) is 0 Å². The van der Waals surface area contributed by atoms with E-state index in [0.29, 0.717) is 43.3 Å². The largest absolute Gasteiger partial charge is 0.501 e. The van der Waals surface area contributed by atoms with E-state index in [1.54, 1.807) is 0 Å². The Hall–Kier alpha value is -3.47. The summed E-state index contributed by atoms with van der Waals surface area (Å²) in [6.45, 7) is 9.75. The van der Waals surface area contributed by atoms with Crippen LogP contribution in [-0.2, 0) is 17.8 Å². The summed E-state index contributed by atoms with van der Waals surface area (Å²) in [5.41, 5.74) is 0.515. The smallest absolute Gasteiger partial charge is 0.302 e.